The first-order chi connectivity index (χ1) is 9.26. The van der Waals surface area contributed by atoms with Crippen LogP contribution in [0.25, 0.3) is 0 Å². The third-order valence-electron chi connectivity index (χ3n) is 2.93. The van der Waals surface area contributed by atoms with Crippen molar-refractivity contribution in [3.8, 4) is 5.75 Å². The molecule has 4 heteroatoms. The maximum Gasteiger partial charge on any atom is 0.255 e. The summed E-state index contributed by atoms with van der Waals surface area (Å²) in [5.41, 5.74) is 3.29. The Kier molecular flexibility index (Phi) is 4.15. The number of methoxy groups -OCH3 is 1. The fourth-order valence-electron chi connectivity index (χ4n) is 2.03. The molecule has 0 fully saturated rings. The molecule has 0 aromatic heterocycles. The maximum absolute atomic E-state index is 11.9. The first kappa shape index (κ1) is 13.1. The Morgan fingerprint density at radius 2 is 1.79 bits per heavy atom. The van der Waals surface area contributed by atoms with Crippen molar-refractivity contribution in [3.63, 3.8) is 0 Å². The summed E-state index contributed by atoms with van der Waals surface area (Å²) in [4.78, 5) is 11.9. The van der Waals surface area contributed by atoms with Gasteiger partial charge < -0.3 is 4.74 Å². The van der Waals surface area contributed by atoms with E-state index in [1.807, 2.05) is 48.5 Å². The minimum absolute atomic E-state index is 0.473. The lowest BCUT2D eigenvalue weighted by molar-refractivity contribution is -0.129. The van der Waals surface area contributed by atoms with Crippen LogP contribution >= 0.6 is 0 Å². The first-order valence-electron chi connectivity index (χ1n) is 5.89. The van der Waals surface area contributed by atoms with E-state index in [0.29, 0.717) is 5.75 Å². The second-order valence-electron chi connectivity index (χ2n) is 4.10. The molecule has 98 valence electrons. The van der Waals surface area contributed by atoms with Crippen molar-refractivity contribution < 1.29 is 14.7 Å². The minimum Gasteiger partial charge on any atom is -0.497 e. The molecule has 0 saturated heterocycles. The number of hydroxylamine groups is 1. The Hall–Kier alpha value is -2.33. The molecular weight excluding hydrogens is 242 g/mol. The molecule has 0 aliphatic rings. The normalized spacial score (nSPS) is 11.7. The van der Waals surface area contributed by atoms with Gasteiger partial charge in [-0.25, -0.2) is 5.48 Å². The summed E-state index contributed by atoms with van der Waals surface area (Å²) in [5.74, 6) is -0.370. The SMILES string of the molecule is COc1cccc(C(C(=O)NO)c2ccccc2)c1. The number of hydrogen-bond acceptors (Lipinski definition) is 3. The van der Waals surface area contributed by atoms with Crippen LogP contribution < -0.4 is 10.2 Å². The quantitative estimate of drug-likeness (QED) is 0.653. The highest BCUT2D eigenvalue weighted by atomic mass is 16.5. The fourth-order valence-corrected chi connectivity index (χ4v) is 2.03. The largest absolute Gasteiger partial charge is 0.497 e. The van der Waals surface area contributed by atoms with Crippen molar-refractivity contribution in [2.24, 2.45) is 0 Å². The van der Waals surface area contributed by atoms with Crippen LogP contribution in [0.15, 0.2) is 54.6 Å². The first-order valence-corrected chi connectivity index (χ1v) is 5.89. The standard InChI is InChI=1S/C15H15NO3/c1-19-13-9-5-8-12(10-13)14(15(17)16-18)11-6-3-2-4-7-11/h2-10,14,18H,1H3,(H,16,17). The number of rotatable bonds is 4. The van der Waals surface area contributed by atoms with Crippen LogP contribution in [0.3, 0.4) is 0 Å². The van der Waals surface area contributed by atoms with Crippen LogP contribution in [-0.2, 0) is 4.79 Å². The fraction of sp³-hybridized carbons (Fsp3) is 0.133. The smallest absolute Gasteiger partial charge is 0.255 e. The van der Waals surface area contributed by atoms with E-state index in [9.17, 15) is 4.79 Å². The third kappa shape index (κ3) is 2.92. The molecule has 2 aromatic rings. The average molecular weight is 257 g/mol. The molecule has 0 radical (unpaired) electrons. The third-order valence-corrected chi connectivity index (χ3v) is 2.93. The van der Waals surface area contributed by atoms with Crippen LogP contribution in [0, 0.1) is 0 Å². The van der Waals surface area contributed by atoms with Crippen molar-refractivity contribution in [3.05, 3.63) is 65.7 Å². The summed E-state index contributed by atoms with van der Waals surface area (Å²) in [6, 6.07) is 16.5. The van der Waals surface area contributed by atoms with Crippen molar-refractivity contribution >= 4 is 5.91 Å². The number of benzene rings is 2. The Morgan fingerprint density at radius 3 is 2.42 bits per heavy atom. The van der Waals surface area contributed by atoms with Crippen LogP contribution in [0.1, 0.15) is 17.0 Å². The Morgan fingerprint density at radius 1 is 1.11 bits per heavy atom. The molecule has 2 aromatic carbocycles. The summed E-state index contributed by atoms with van der Waals surface area (Å²) in [7, 11) is 1.57. The van der Waals surface area contributed by atoms with Crippen molar-refractivity contribution in [2.45, 2.75) is 5.92 Å². The second kappa shape index (κ2) is 6.02. The van der Waals surface area contributed by atoms with Gasteiger partial charge >= 0.3 is 0 Å². The number of nitrogens with one attached hydrogen (secondary N) is 1. The van der Waals surface area contributed by atoms with Gasteiger partial charge in [0.15, 0.2) is 0 Å². The summed E-state index contributed by atoms with van der Waals surface area (Å²) in [6.45, 7) is 0. The molecule has 0 bridgehead atoms. The average Bonchev–Trinajstić information content (AvgIpc) is 2.48. The number of hydrogen-bond donors (Lipinski definition) is 2. The monoisotopic (exact) mass is 257 g/mol. The molecule has 2 rings (SSSR count). The van der Waals surface area contributed by atoms with E-state index >= 15 is 0 Å². The zero-order chi connectivity index (χ0) is 13.7. The summed E-state index contributed by atoms with van der Waals surface area (Å²) in [6.07, 6.45) is 0. The molecule has 0 aliphatic carbocycles. The van der Waals surface area contributed by atoms with E-state index in [1.165, 1.54) is 0 Å². The van der Waals surface area contributed by atoms with Crippen molar-refractivity contribution in [1.29, 1.82) is 0 Å². The van der Waals surface area contributed by atoms with E-state index in [4.69, 9.17) is 9.94 Å². The molecule has 0 aliphatic heterocycles. The van der Waals surface area contributed by atoms with E-state index in [-0.39, 0.29) is 0 Å². The second-order valence-corrected chi connectivity index (χ2v) is 4.10. The van der Waals surface area contributed by atoms with Gasteiger partial charge in [0.25, 0.3) is 5.91 Å². The summed E-state index contributed by atoms with van der Waals surface area (Å²) in [5, 5.41) is 8.92. The zero-order valence-corrected chi connectivity index (χ0v) is 10.5. The molecular formula is C15H15NO3. The van der Waals surface area contributed by atoms with Gasteiger partial charge in [0.2, 0.25) is 0 Å². The predicted octanol–water partition coefficient (Wildman–Crippen LogP) is 2.33. The highest BCUT2D eigenvalue weighted by Crippen LogP contribution is 2.27. The molecule has 1 amide bonds. The lowest BCUT2D eigenvalue weighted by atomic mass is 9.90. The van der Waals surface area contributed by atoms with Crippen LogP contribution in [0.4, 0.5) is 0 Å². The van der Waals surface area contributed by atoms with E-state index in [1.54, 1.807) is 18.7 Å². The molecule has 0 heterocycles. The molecule has 1 unspecified atom stereocenters. The van der Waals surface area contributed by atoms with Gasteiger partial charge in [0, 0.05) is 0 Å². The molecule has 4 nitrogen and oxygen atoms in total. The van der Waals surface area contributed by atoms with Crippen LogP contribution in [0.2, 0.25) is 0 Å². The van der Waals surface area contributed by atoms with Gasteiger partial charge in [0.1, 0.15) is 5.75 Å². The van der Waals surface area contributed by atoms with E-state index in [0.717, 1.165) is 11.1 Å². The minimum atomic E-state index is -0.568. The number of carbonyl (C=O) groups is 1. The number of ether oxygens (including phenoxy) is 1. The van der Waals surface area contributed by atoms with Gasteiger partial charge in [-0.1, -0.05) is 42.5 Å². The Labute approximate surface area is 111 Å². The molecule has 19 heavy (non-hydrogen) atoms. The van der Waals surface area contributed by atoms with Gasteiger partial charge in [-0.15, -0.1) is 0 Å². The van der Waals surface area contributed by atoms with Gasteiger partial charge in [0.05, 0.1) is 13.0 Å². The van der Waals surface area contributed by atoms with Crippen molar-refractivity contribution in [1.82, 2.24) is 5.48 Å². The summed E-state index contributed by atoms with van der Waals surface area (Å²) >= 11 is 0. The van der Waals surface area contributed by atoms with Crippen LogP contribution in [-0.4, -0.2) is 18.2 Å². The van der Waals surface area contributed by atoms with Gasteiger partial charge in [-0.05, 0) is 23.3 Å². The molecule has 0 spiro atoms. The predicted molar refractivity (Wildman–Crippen MR) is 71.2 cm³/mol. The molecule has 1 atom stereocenters. The maximum atomic E-state index is 11.9. The Balaban J connectivity index is 2.46. The molecule has 2 N–H and O–H groups in total. The van der Waals surface area contributed by atoms with Gasteiger partial charge in [-0.3, -0.25) is 10.0 Å². The topological polar surface area (TPSA) is 58.6 Å². The Bertz CT molecular complexity index is 554. The lowest BCUT2D eigenvalue weighted by Crippen LogP contribution is -2.27. The van der Waals surface area contributed by atoms with E-state index in [2.05, 4.69) is 0 Å². The van der Waals surface area contributed by atoms with Gasteiger partial charge in [-0.2, -0.15) is 0 Å². The zero-order valence-electron chi connectivity index (χ0n) is 10.5. The highest BCUT2D eigenvalue weighted by molar-refractivity contribution is 5.86. The summed E-state index contributed by atoms with van der Waals surface area (Å²) < 4.78 is 5.16. The highest BCUT2D eigenvalue weighted by Gasteiger charge is 2.22. The molecule has 0 saturated carbocycles. The number of amides is 1. The number of carbonyl (C=O) groups excluding carboxylic acids is 1. The lowest BCUT2D eigenvalue weighted by Gasteiger charge is -2.16. The van der Waals surface area contributed by atoms with Crippen LogP contribution in [0.5, 0.6) is 5.75 Å². The van der Waals surface area contributed by atoms with Crippen molar-refractivity contribution in [2.75, 3.05) is 7.11 Å². The van der Waals surface area contributed by atoms with E-state index < -0.39 is 11.8 Å².